The van der Waals surface area contributed by atoms with Crippen molar-refractivity contribution in [3.63, 3.8) is 0 Å². The highest BCUT2D eigenvalue weighted by molar-refractivity contribution is 7.89. The van der Waals surface area contributed by atoms with Crippen molar-refractivity contribution < 1.29 is 13.2 Å². The summed E-state index contributed by atoms with van der Waals surface area (Å²) in [4.78, 5) is 17.7. The molecule has 0 spiro atoms. The molecule has 21 heavy (non-hydrogen) atoms. The molecule has 1 unspecified atom stereocenters. The predicted molar refractivity (Wildman–Crippen MR) is 78.1 cm³/mol. The zero-order valence-electron chi connectivity index (χ0n) is 12.2. The summed E-state index contributed by atoms with van der Waals surface area (Å²) < 4.78 is 25.7. The van der Waals surface area contributed by atoms with Gasteiger partial charge in [-0.1, -0.05) is 0 Å². The maximum absolute atomic E-state index is 12.3. The zero-order chi connectivity index (χ0) is 15.5. The van der Waals surface area contributed by atoms with E-state index in [2.05, 4.69) is 10.3 Å². The summed E-state index contributed by atoms with van der Waals surface area (Å²) in [6, 6.07) is 3.15. The Kier molecular flexibility index (Phi) is 4.92. The van der Waals surface area contributed by atoms with Gasteiger partial charge in [-0.3, -0.25) is 9.78 Å². The van der Waals surface area contributed by atoms with E-state index >= 15 is 0 Å². The highest BCUT2D eigenvalue weighted by Crippen LogP contribution is 2.13. The predicted octanol–water partition coefficient (Wildman–Crippen LogP) is -0.478. The van der Waals surface area contributed by atoms with Crippen LogP contribution in [-0.4, -0.2) is 68.3 Å². The standard InChI is InChI=1S/C13H20N4O3S/c1-16(21(19,20)12-4-3-6-14-9-12)10-13(18)17(2)11-5-7-15-8-11/h3-4,6,9,11,15H,5,7-8,10H2,1-2H3. The number of pyridine rings is 1. The number of hydrogen-bond donors (Lipinski definition) is 1. The third-order valence-electron chi connectivity index (χ3n) is 3.68. The number of likely N-dealkylation sites (N-methyl/N-ethyl adjacent to an activating group) is 2. The maximum atomic E-state index is 12.3. The lowest BCUT2D eigenvalue weighted by Crippen LogP contribution is -2.44. The Morgan fingerprint density at radius 3 is 2.81 bits per heavy atom. The first-order valence-electron chi connectivity index (χ1n) is 6.75. The van der Waals surface area contributed by atoms with Crippen LogP contribution < -0.4 is 5.32 Å². The van der Waals surface area contributed by atoms with Gasteiger partial charge in [0.05, 0.1) is 6.54 Å². The second kappa shape index (κ2) is 6.50. The summed E-state index contributed by atoms with van der Waals surface area (Å²) in [6.45, 7) is 1.46. The van der Waals surface area contributed by atoms with Gasteiger partial charge in [0.2, 0.25) is 15.9 Å². The lowest BCUT2D eigenvalue weighted by atomic mass is 10.2. The summed E-state index contributed by atoms with van der Waals surface area (Å²) >= 11 is 0. The van der Waals surface area contributed by atoms with Crippen LogP contribution in [0.25, 0.3) is 0 Å². The third kappa shape index (κ3) is 3.58. The Morgan fingerprint density at radius 1 is 1.48 bits per heavy atom. The van der Waals surface area contributed by atoms with E-state index in [4.69, 9.17) is 0 Å². The van der Waals surface area contributed by atoms with Gasteiger partial charge in [-0.25, -0.2) is 8.42 Å². The minimum Gasteiger partial charge on any atom is -0.340 e. The molecule has 0 aliphatic carbocycles. The molecule has 1 aromatic heterocycles. The van der Waals surface area contributed by atoms with Crippen molar-refractivity contribution in [3.8, 4) is 0 Å². The summed E-state index contributed by atoms with van der Waals surface area (Å²) in [5.41, 5.74) is 0. The molecule has 116 valence electrons. The summed E-state index contributed by atoms with van der Waals surface area (Å²) in [6.07, 6.45) is 3.67. The van der Waals surface area contributed by atoms with E-state index in [0.717, 1.165) is 23.8 Å². The average molecular weight is 312 g/mol. The van der Waals surface area contributed by atoms with Crippen molar-refractivity contribution in [1.29, 1.82) is 0 Å². The number of hydrogen-bond acceptors (Lipinski definition) is 5. The van der Waals surface area contributed by atoms with E-state index < -0.39 is 10.0 Å². The molecular weight excluding hydrogens is 292 g/mol. The first-order chi connectivity index (χ1) is 9.93. The van der Waals surface area contributed by atoms with E-state index in [1.54, 1.807) is 18.0 Å². The molecule has 1 saturated heterocycles. The third-order valence-corrected chi connectivity index (χ3v) is 5.46. The van der Waals surface area contributed by atoms with E-state index in [1.807, 2.05) is 0 Å². The van der Waals surface area contributed by atoms with Gasteiger partial charge < -0.3 is 10.2 Å². The number of aromatic nitrogens is 1. The van der Waals surface area contributed by atoms with Crippen molar-refractivity contribution >= 4 is 15.9 Å². The molecule has 7 nitrogen and oxygen atoms in total. The number of carbonyl (C=O) groups is 1. The highest BCUT2D eigenvalue weighted by atomic mass is 32.2. The first-order valence-corrected chi connectivity index (χ1v) is 8.19. The van der Waals surface area contributed by atoms with Gasteiger partial charge in [0.25, 0.3) is 0 Å². The Morgan fingerprint density at radius 2 is 2.24 bits per heavy atom. The van der Waals surface area contributed by atoms with Crippen LogP contribution in [-0.2, 0) is 14.8 Å². The first kappa shape index (κ1) is 15.9. The smallest absolute Gasteiger partial charge is 0.244 e. The fourth-order valence-electron chi connectivity index (χ4n) is 2.24. The molecule has 1 fully saturated rings. The van der Waals surface area contributed by atoms with Gasteiger partial charge >= 0.3 is 0 Å². The molecule has 2 rings (SSSR count). The fourth-order valence-corrected chi connectivity index (χ4v) is 3.33. The van der Waals surface area contributed by atoms with Crippen LogP contribution in [0.3, 0.4) is 0 Å². The highest BCUT2D eigenvalue weighted by Gasteiger charge is 2.28. The molecule has 1 amide bonds. The molecular formula is C13H20N4O3S. The van der Waals surface area contributed by atoms with Crippen molar-refractivity contribution in [2.75, 3.05) is 33.7 Å². The van der Waals surface area contributed by atoms with Gasteiger partial charge in [-0.2, -0.15) is 4.31 Å². The van der Waals surface area contributed by atoms with Crippen LogP contribution in [0.2, 0.25) is 0 Å². The number of amides is 1. The Labute approximate surface area is 125 Å². The molecule has 1 aliphatic heterocycles. The number of nitrogens with zero attached hydrogens (tertiary/aromatic N) is 3. The van der Waals surface area contributed by atoms with Gasteiger partial charge in [0.15, 0.2) is 0 Å². The fraction of sp³-hybridized carbons (Fsp3) is 0.538. The lowest BCUT2D eigenvalue weighted by Gasteiger charge is -2.26. The SMILES string of the molecule is CN(C(=O)CN(C)S(=O)(=O)c1cccnc1)C1CCNC1. The van der Waals surface area contributed by atoms with Crippen LogP contribution >= 0.6 is 0 Å². The largest absolute Gasteiger partial charge is 0.340 e. The number of carbonyl (C=O) groups excluding carboxylic acids is 1. The van der Waals surface area contributed by atoms with Crippen LogP contribution in [0.15, 0.2) is 29.4 Å². The molecule has 0 radical (unpaired) electrons. The molecule has 1 aromatic rings. The molecule has 1 aliphatic rings. The minimum atomic E-state index is -3.68. The normalized spacial score (nSPS) is 18.9. The Hall–Kier alpha value is -1.51. The average Bonchev–Trinajstić information content (AvgIpc) is 3.01. The summed E-state index contributed by atoms with van der Waals surface area (Å²) in [5, 5.41) is 3.18. The molecule has 8 heteroatoms. The number of nitrogens with one attached hydrogen (secondary N) is 1. The van der Waals surface area contributed by atoms with Crippen molar-refractivity contribution in [2.45, 2.75) is 17.4 Å². The Balaban J connectivity index is 2.03. The van der Waals surface area contributed by atoms with Crippen LogP contribution in [0, 0.1) is 0 Å². The Bertz CT molecular complexity index is 585. The van der Waals surface area contributed by atoms with Crippen molar-refractivity contribution in [1.82, 2.24) is 19.5 Å². The van der Waals surface area contributed by atoms with E-state index in [1.165, 1.54) is 25.5 Å². The van der Waals surface area contributed by atoms with Crippen LogP contribution in [0.1, 0.15) is 6.42 Å². The number of rotatable bonds is 5. The maximum Gasteiger partial charge on any atom is 0.244 e. The van der Waals surface area contributed by atoms with E-state index in [9.17, 15) is 13.2 Å². The molecule has 2 heterocycles. The van der Waals surface area contributed by atoms with Crippen LogP contribution in [0.4, 0.5) is 0 Å². The quantitative estimate of drug-likeness (QED) is 0.794. The molecule has 0 bridgehead atoms. The zero-order valence-corrected chi connectivity index (χ0v) is 13.0. The molecule has 1 atom stereocenters. The number of sulfonamides is 1. The molecule has 1 N–H and O–H groups in total. The van der Waals surface area contributed by atoms with Crippen molar-refractivity contribution in [2.24, 2.45) is 0 Å². The van der Waals surface area contributed by atoms with E-state index in [-0.39, 0.29) is 23.4 Å². The molecule has 0 saturated carbocycles. The van der Waals surface area contributed by atoms with Gasteiger partial charge in [0.1, 0.15) is 4.90 Å². The van der Waals surface area contributed by atoms with E-state index in [0.29, 0.717) is 0 Å². The van der Waals surface area contributed by atoms with Gasteiger partial charge in [-0.05, 0) is 25.1 Å². The second-order valence-electron chi connectivity index (χ2n) is 5.10. The monoisotopic (exact) mass is 312 g/mol. The van der Waals surface area contributed by atoms with Gasteiger partial charge in [-0.15, -0.1) is 0 Å². The molecule has 0 aromatic carbocycles. The van der Waals surface area contributed by atoms with Crippen molar-refractivity contribution in [3.05, 3.63) is 24.5 Å². The minimum absolute atomic E-state index is 0.0884. The second-order valence-corrected chi connectivity index (χ2v) is 7.15. The topological polar surface area (TPSA) is 82.6 Å². The lowest BCUT2D eigenvalue weighted by molar-refractivity contribution is -0.131. The summed E-state index contributed by atoms with van der Waals surface area (Å²) in [7, 11) is -0.567. The summed E-state index contributed by atoms with van der Waals surface area (Å²) in [5.74, 6) is -0.210. The van der Waals surface area contributed by atoms with Gasteiger partial charge in [0, 0.05) is 39.1 Å². The van der Waals surface area contributed by atoms with Crippen LogP contribution in [0.5, 0.6) is 0 Å².